The van der Waals surface area contributed by atoms with E-state index < -0.39 is 12.1 Å². The minimum atomic E-state index is -1.16. The molecule has 2 N–H and O–H groups in total. The first-order valence-electron chi connectivity index (χ1n) is 5.95. The molecule has 0 spiro atoms. The number of methoxy groups -OCH3 is 1. The van der Waals surface area contributed by atoms with Crippen molar-refractivity contribution in [3.63, 3.8) is 0 Å². The maximum Gasteiger partial charge on any atom is 0.353 e. The zero-order valence-electron chi connectivity index (χ0n) is 10.8. The van der Waals surface area contributed by atoms with Crippen LogP contribution in [0.5, 0.6) is 0 Å². The molecule has 0 aliphatic carbocycles. The minimum absolute atomic E-state index is 0.00843. The van der Waals surface area contributed by atoms with Gasteiger partial charge in [-0.05, 0) is 6.42 Å². The summed E-state index contributed by atoms with van der Waals surface area (Å²) in [6, 6.07) is 0. The van der Waals surface area contributed by atoms with Crippen molar-refractivity contribution < 1.29 is 29.0 Å². The van der Waals surface area contributed by atoms with E-state index in [0.717, 1.165) is 0 Å². The van der Waals surface area contributed by atoms with Crippen LogP contribution in [-0.4, -0.2) is 62.3 Å². The van der Waals surface area contributed by atoms with Gasteiger partial charge in [-0.3, -0.25) is 4.79 Å². The summed E-state index contributed by atoms with van der Waals surface area (Å²) in [5.41, 5.74) is -0.136. The normalized spacial score (nSPS) is 17.7. The number of ether oxygens (including phenoxy) is 2. The van der Waals surface area contributed by atoms with Gasteiger partial charge in [-0.1, -0.05) is 5.16 Å². The minimum Gasteiger partial charge on any atom is -0.477 e. The summed E-state index contributed by atoms with van der Waals surface area (Å²) < 4.78 is 10.0. The van der Waals surface area contributed by atoms with Crippen molar-refractivity contribution in [1.82, 2.24) is 5.32 Å². The topological polar surface area (TPSA) is 106 Å². The third-order valence-corrected chi connectivity index (χ3v) is 2.40. The number of carbonyl (C=O) groups excluding carboxylic acids is 1. The van der Waals surface area contributed by atoms with E-state index in [-0.39, 0.29) is 18.0 Å². The Morgan fingerprint density at radius 2 is 2.26 bits per heavy atom. The predicted octanol–water partition coefficient (Wildman–Crippen LogP) is -0.615. The van der Waals surface area contributed by atoms with Crippen molar-refractivity contribution in [2.45, 2.75) is 18.9 Å². The van der Waals surface area contributed by atoms with Gasteiger partial charge in [-0.25, -0.2) is 4.79 Å². The fraction of sp³-hybridized carbons (Fsp3) is 0.727. The van der Waals surface area contributed by atoms with Gasteiger partial charge in [0.05, 0.1) is 13.2 Å². The van der Waals surface area contributed by atoms with Crippen molar-refractivity contribution in [2.75, 3.05) is 33.5 Å². The van der Waals surface area contributed by atoms with Gasteiger partial charge in [0, 0.05) is 26.7 Å². The van der Waals surface area contributed by atoms with Crippen molar-refractivity contribution >= 4 is 17.6 Å². The van der Waals surface area contributed by atoms with Crippen LogP contribution in [0, 0.1) is 0 Å². The molecule has 0 aromatic heterocycles. The average Bonchev–Trinajstić information content (AvgIpc) is 2.87. The van der Waals surface area contributed by atoms with Crippen LogP contribution in [0.3, 0.4) is 0 Å². The maximum atomic E-state index is 11.6. The second kappa shape index (κ2) is 8.44. The number of rotatable bonds is 9. The van der Waals surface area contributed by atoms with Crippen molar-refractivity contribution in [3.8, 4) is 0 Å². The number of carboxylic acid groups (broad SMARTS) is 1. The van der Waals surface area contributed by atoms with Crippen molar-refractivity contribution in [1.29, 1.82) is 0 Å². The van der Waals surface area contributed by atoms with Crippen LogP contribution in [0.1, 0.15) is 12.8 Å². The van der Waals surface area contributed by atoms with Crippen LogP contribution in [-0.2, 0) is 23.9 Å². The Balaban J connectivity index is 2.05. The van der Waals surface area contributed by atoms with E-state index in [1.807, 2.05) is 0 Å². The Morgan fingerprint density at radius 3 is 2.89 bits per heavy atom. The fourth-order valence-corrected chi connectivity index (χ4v) is 1.39. The standard InChI is InChI=1S/C11H18N2O6/c1-17-5-6-18-4-2-3-12-10(14)9-7-8(11(15)16)13-19-9/h9H,2-7H2,1H3,(H,12,14)(H,15,16). The van der Waals surface area contributed by atoms with E-state index in [1.165, 1.54) is 0 Å². The fourth-order valence-electron chi connectivity index (χ4n) is 1.39. The Hall–Kier alpha value is -1.67. The Labute approximate surface area is 110 Å². The Kier molecular flexibility index (Phi) is 6.83. The molecule has 1 unspecified atom stereocenters. The second-order valence-electron chi connectivity index (χ2n) is 3.89. The molecule has 108 valence electrons. The lowest BCUT2D eigenvalue weighted by atomic mass is 10.2. The number of carboxylic acids is 1. The third-order valence-electron chi connectivity index (χ3n) is 2.40. The molecule has 8 heteroatoms. The number of nitrogens with zero attached hydrogens (tertiary/aromatic N) is 1. The molecule has 0 radical (unpaired) electrons. The molecule has 0 saturated carbocycles. The molecule has 8 nitrogen and oxygen atoms in total. The van der Waals surface area contributed by atoms with Gasteiger partial charge in [0.15, 0.2) is 5.71 Å². The SMILES string of the molecule is COCCOCCCNC(=O)C1CC(C(=O)O)=NO1. The highest BCUT2D eigenvalue weighted by Gasteiger charge is 2.31. The third kappa shape index (κ3) is 5.66. The number of hydrogen-bond donors (Lipinski definition) is 2. The summed E-state index contributed by atoms with van der Waals surface area (Å²) >= 11 is 0. The zero-order valence-corrected chi connectivity index (χ0v) is 10.8. The number of oxime groups is 1. The van der Waals surface area contributed by atoms with Gasteiger partial charge < -0.3 is 24.7 Å². The highest BCUT2D eigenvalue weighted by atomic mass is 16.6. The number of hydrogen-bond acceptors (Lipinski definition) is 6. The summed E-state index contributed by atoms with van der Waals surface area (Å²) in [4.78, 5) is 26.9. The Morgan fingerprint density at radius 1 is 1.47 bits per heavy atom. The quantitative estimate of drug-likeness (QED) is 0.543. The lowest BCUT2D eigenvalue weighted by molar-refractivity contribution is -0.131. The van der Waals surface area contributed by atoms with E-state index in [0.29, 0.717) is 32.8 Å². The largest absolute Gasteiger partial charge is 0.477 e. The van der Waals surface area contributed by atoms with Gasteiger partial charge in [0.25, 0.3) is 5.91 Å². The summed E-state index contributed by atoms with van der Waals surface area (Å²) in [7, 11) is 1.60. The maximum absolute atomic E-state index is 11.6. The van der Waals surface area contributed by atoms with Crippen molar-refractivity contribution in [3.05, 3.63) is 0 Å². The lowest BCUT2D eigenvalue weighted by Gasteiger charge is -2.09. The second-order valence-corrected chi connectivity index (χ2v) is 3.89. The molecule has 1 heterocycles. The average molecular weight is 274 g/mol. The summed E-state index contributed by atoms with van der Waals surface area (Å²) in [6.45, 7) is 2.02. The highest BCUT2D eigenvalue weighted by molar-refractivity contribution is 6.36. The number of amides is 1. The monoisotopic (exact) mass is 274 g/mol. The number of nitrogens with one attached hydrogen (secondary N) is 1. The molecule has 1 amide bonds. The molecule has 0 fully saturated rings. The molecular weight excluding hydrogens is 256 g/mol. The zero-order chi connectivity index (χ0) is 14.1. The first-order chi connectivity index (χ1) is 9.15. The molecule has 0 aromatic carbocycles. The van der Waals surface area contributed by atoms with E-state index >= 15 is 0 Å². The van der Waals surface area contributed by atoms with E-state index in [2.05, 4.69) is 10.5 Å². The summed E-state index contributed by atoms with van der Waals surface area (Å²) in [5.74, 6) is -1.53. The van der Waals surface area contributed by atoms with Crippen LogP contribution in [0.2, 0.25) is 0 Å². The molecule has 1 rings (SSSR count). The first kappa shape index (κ1) is 15.4. The van der Waals surface area contributed by atoms with Crippen LogP contribution in [0.4, 0.5) is 0 Å². The van der Waals surface area contributed by atoms with Gasteiger partial charge in [0.1, 0.15) is 0 Å². The molecular formula is C11H18N2O6. The predicted molar refractivity (Wildman–Crippen MR) is 64.9 cm³/mol. The molecule has 0 saturated heterocycles. The highest BCUT2D eigenvalue weighted by Crippen LogP contribution is 2.10. The van der Waals surface area contributed by atoms with Gasteiger partial charge in [-0.15, -0.1) is 0 Å². The molecule has 1 aliphatic rings. The van der Waals surface area contributed by atoms with E-state index in [9.17, 15) is 9.59 Å². The number of aliphatic carboxylic acids is 1. The molecule has 0 aromatic rings. The first-order valence-corrected chi connectivity index (χ1v) is 5.95. The smallest absolute Gasteiger partial charge is 0.353 e. The van der Waals surface area contributed by atoms with E-state index in [1.54, 1.807) is 7.11 Å². The van der Waals surface area contributed by atoms with Crippen molar-refractivity contribution in [2.24, 2.45) is 5.16 Å². The summed E-state index contributed by atoms with van der Waals surface area (Å²) in [6.07, 6.45) is -0.194. The molecule has 1 aliphatic heterocycles. The summed E-state index contributed by atoms with van der Waals surface area (Å²) in [5, 5.41) is 14.6. The molecule has 0 bridgehead atoms. The molecule has 1 atom stereocenters. The molecule has 19 heavy (non-hydrogen) atoms. The van der Waals surface area contributed by atoms with Gasteiger partial charge in [0.2, 0.25) is 6.10 Å². The van der Waals surface area contributed by atoms with Gasteiger partial charge >= 0.3 is 5.97 Å². The van der Waals surface area contributed by atoms with Crippen LogP contribution < -0.4 is 5.32 Å². The van der Waals surface area contributed by atoms with Crippen LogP contribution in [0.25, 0.3) is 0 Å². The van der Waals surface area contributed by atoms with Crippen LogP contribution in [0.15, 0.2) is 5.16 Å². The van der Waals surface area contributed by atoms with Crippen LogP contribution >= 0.6 is 0 Å². The van der Waals surface area contributed by atoms with Gasteiger partial charge in [-0.2, -0.15) is 0 Å². The number of carbonyl (C=O) groups is 2. The Bertz CT molecular complexity index is 344. The lowest BCUT2D eigenvalue weighted by Crippen LogP contribution is -2.36. The van der Waals surface area contributed by atoms with E-state index in [4.69, 9.17) is 19.4 Å².